The van der Waals surface area contributed by atoms with Crippen LogP contribution in [0.1, 0.15) is 27.2 Å². The number of halogens is 2. The minimum absolute atomic E-state index is 0.380. The minimum Gasteiger partial charge on any atom is -0.480 e. The van der Waals surface area contributed by atoms with Crippen molar-refractivity contribution in [3.05, 3.63) is 0 Å². The molecule has 1 fully saturated rings. The van der Waals surface area contributed by atoms with E-state index in [1.54, 1.807) is 20.8 Å². The molecule has 1 amide bonds. The zero-order valence-electron chi connectivity index (χ0n) is 11.9. The lowest BCUT2D eigenvalue weighted by Gasteiger charge is -2.27. The highest BCUT2D eigenvalue weighted by Crippen LogP contribution is 2.36. The number of methoxy groups -OCH3 is 1. The molecular formula is C12H19F2NO5. The van der Waals surface area contributed by atoms with Gasteiger partial charge in [-0.3, -0.25) is 4.90 Å². The Labute approximate surface area is 115 Å². The van der Waals surface area contributed by atoms with E-state index < -0.39 is 42.3 Å². The average Bonchev–Trinajstić information content (AvgIpc) is 2.72. The number of hydrogen-bond acceptors (Lipinski definition) is 4. The highest BCUT2D eigenvalue weighted by molar-refractivity contribution is 5.81. The quantitative estimate of drug-likeness (QED) is 0.861. The predicted octanol–water partition coefficient (Wildman–Crippen LogP) is 1.94. The zero-order chi connectivity index (χ0) is 15.7. The molecule has 0 radical (unpaired) electrons. The second-order valence-electron chi connectivity index (χ2n) is 5.69. The van der Waals surface area contributed by atoms with Crippen LogP contribution in [-0.4, -0.2) is 53.5 Å². The van der Waals surface area contributed by atoms with Crippen LogP contribution in [0.15, 0.2) is 0 Å². The van der Waals surface area contributed by atoms with Crippen molar-refractivity contribution < 1.29 is 33.0 Å². The van der Waals surface area contributed by atoms with Crippen molar-refractivity contribution in [1.82, 2.24) is 4.90 Å². The van der Waals surface area contributed by atoms with Crippen LogP contribution in [0.25, 0.3) is 0 Å². The molecule has 0 unspecified atom stereocenters. The van der Waals surface area contributed by atoms with E-state index in [0.717, 1.165) is 12.0 Å². The first-order valence-electron chi connectivity index (χ1n) is 6.13. The van der Waals surface area contributed by atoms with E-state index in [1.165, 1.54) is 0 Å². The number of hydrogen-bond donors (Lipinski definition) is 1. The van der Waals surface area contributed by atoms with Crippen molar-refractivity contribution >= 4 is 12.1 Å². The van der Waals surface area contributed by atoms with Gasteiger partial charge in [0, 0.05) is 13.7 Å². The Morgan fingerprint density at radius 2 is 1.85 bits per heavy atom. The maximum absolute atomic E-state index is 13.5. The summed E-state index contributed by atoms with van der Waals surface area (Å²) < 4.78 is 36.1. The van der Waals surface area contributed by atoms with Gasteiger partial charge in [0.1, 0.15) is 11.6 Å². The van der Waals surface area contributed by atoms with Gasteiger partial charge in [-0.1, -0.05) is 0 Å². The van der Waals surface area contributed by atoms with Crippen molar-refractivity contribution in [3.63, 3.8) is 0 Å². The molecule has 0 bridgehead atoms. The van der Waals surface area contributed by atoms with Crippen molar-refractivity contribution in [1.29, 1.82) is 0 Å². The number of rotatable bonds is 3. The number of aliphatic carboxylic acids is 1. The average molecular weight is 295 g/mol. The molecule has 1 saturated heterocycles. The van der Waals surface area contributed by atoms with Gasteiger partial charge in [0.05, 0.1) is 5.92 Å². The highest BCUT2D eigenvalue weighted by Gasteiger charge is 2.51. The maximum Gasteiger partial charge on any atom is 0.411 e. The molecule has 1 N–H and O–H groups in total. The summed E-state index contributed by atoms with van der Waals surface area (Å²) in [6.45, 7) is 4.40. The van der Waals surface area contributed by atoms with Crippen LogP contribution in [0.3, 0.4) is 0 Å². The molecule has 1 aliphatic heterocycles. The lowest BCUT2D eigenvalue weighted by Crippen LogP contribution is -2.43. The topological polar surface area (TPSA) is 76.1 Å². The van der Waals surface area contributed by atoms with Gasteiger partial charge in [-0.05, 0) is 27.2 Å². The molecule has 8 heteroatoms. The number of amides is 1. The minimum atomic E-state index is -3.48. The second kappa shape index (κ2) is 5.51. The van der Waals surface area contributed by atoms with E-state index in [0.29, 0.717) is 0 Å². The first-order valence-corrected chi connectivity index (χ1v) is 6.13. The molecule has 116 valence electrons. The largest absolute Gasteiger partial charge is 0.480 e. The standard InChI is InChI=1S/C12H19F2NO5/c1-11(2,3)20-10(18)15-6-7(12(13,14)19-4)5-8(15)9(16)17/h7-8H,5-6H2,1-4H3,(H,16,17)/t7-,8-/m0/s1. The summed E-state index contributed by atoms with van der Waals surface area (Å²) >= 11 is 0. The van der Waals surface area contributed by atoms with Crippen LogP contribution in [0, 0.1) is 5.92 Å². The number of carbonyl (C=O) groups excluding carboxylic acids is 1. The number of alkyl halides is 2. The molecule has 1 aliphatic rings. The van der Waals surface area contributed by atoms with E-state index in [9.17, 15) is 18.4 Å². The zero-order valence-corrected chi connectivity index (χ0v) is 11.9. The van der Waals surface area contributed by atoms with Crippen molar-refractivity contribution in [2.24, 2.45) is 5.92 Å². The van der Waals surface area contributed by atoms with Crippen LogP contribution >= 0.6 is 0 Å². The summed E-state index contributed by atoms with van der Waals surface area (Å²) in [4.78, 5) is 23.8. The Hall–Kier alpha value is -1.44. The van der Waals surface area contributed by atoms with Gasteiger partial charge in [0.2, 0.25) is 0 Å². The van der Waals surface area contributed by atoms with Gasteiger partial charge in [0.15, 0.2) is 0 Å². The Morgan fingerprint density at radius 3 is 2.25 bits per heavy atom. The lowest BCUT2D eigenvalue weighted by molar-refractivity contribution is -0.253. The third-order valence-electron chi connectivity index (χ3n) is 2.96. The highest BCUT2D eigenvalue weighted by atomic mass is 19.3. The van der Waals surface area contributed by atoms with Crippen molar-refractivity contribution in [2.75, 3.05) is 13.7 Å². The molecule has 0 saturated carbocycles. The molecule has 2 atom stereocenters. The Bertz CT molecular complexity index is 394. The van der Waals surface area contributed by atoms with E-state index in [1.807, 2.05) is 0 Å². The van der Waals surface area contributed by atoms with Crippen LogP contribution in [0.2, 0.25) is 0 Å². The molecule has 0 spiro atoms. The lowest BCUT2D eigenvalue weighted by atomic mass is 10.0. The van der Waals surface area contributed by atoms with Gasteiger partial charge >= 0.3 is 18.2 Å². The van der Waals surface area contributed by atoms with Crippen LogP contribution in [-0.2, 0) is 14.3 Å². The molecule has 0 aliphatic carbocycles. The van der Waals surface area contributed by atoms with Gasteiger partial charge < -0.3 is 14.6 Å². The monoisotopic (exact) mass is 295 g/mol. The molecule has 0 aromatic heterocycles. The molecule has 1 rings (SSSR count). The van der Waals surface area contributed by atoms with Gasteiger partial charge in [-0.15, -0.1) is 0 Å². The summed E-state index contributed by atoms with van der Waals surface area (Å²) in [5, 5.41) is 9.05. The smallest absolute Gasteiger partial charge is 0.411 e. The van der Waals surface area contributed by atoms with E-state index in [2.05, 4.69) is 4.74 Å². The molecule has 0 aromatic rings. The fraction of sp³-hybridized carbons (Fsp3) is 0.833. The molecule has 20 heavy (non-hydrogen) atoms. The first-order chi connectivity index (χ1) is 8.98. The molecule has 6 nitrogen and oxygen atoms in total. The third-order valence-corrected chi connectivity index (χ3v) is 2.96. The van der Waals surface area contributed by atoms with Crippen LogP contribution in [0.5, 0.6) is 0 Å². The molecule has 1 heterocycles. The molecular weight excluding hydrogens is 276 g/mol. The maximum atomic E-state index is 13.5. The van der Waals surface area contributed by atoms with Gasteiger partial charge in [0.25, 0.3) is 0 Å². The van der Waals surface area contributed by atoms with Crippen molar-refractivity contribution in [3.8, 4) is 0 Å². The van der Waals surface area contributed by atoms with Crippen LogP contribution < -0.4 is 0 Å². The molecule has 0 aromatic carbocycles. The number of carboxylic acid groups (broad SMARTS) is 1. The second-order valence-corrected chi connectivity index (χ2v) is 5.69. The summed E-state index contributed by atoms with van der Waals surface area (Å²) in [5.41, 5.74) is -0.831. The van der Waals surface area contributed by atoms with E-state index in [-0.39, 0.29) is 6.42 Å². The number of ether oxygens (including phenoxy) is 2. The number of likely N-dealkylation sites (tertiary alicyclic amines) is 1. The Kier molecular flexibility index (Phi) is 4.58. The summed E-state index contributed by atoms with van der Waals surface area (Å²) in [6, 6.07) is -1.34. The van der Waals surface area contributed by atoms with E-state index in [4.69, 9.17) is 9.84 Å². The Morgan fingerprint density at radius 1 is 1.30 bits per heavy atom. The fourth-order valence-electron chi connectivity index (χ4n) is 2.00. The van der Waals surface area contributed by atoms with Crippen LogP contribution in [0.4, 0.5) is 13.6 Å². The van der Waals surface area contributed by atoms with Crippen molar-refractivity contribution in [2.45, 2.75) is 44.9 Å². The predicted molar refractivity (Wildman–Crippen MR) is 64.4 cm³/mol. The summed E-state index contributed by atoms with van der Waals surface area (Å²) in [6.07, 6.45) is -4.78. The van der Waals surface area contributed by atoms with Gasteiger partial charge in [-0.2, -0.15) is 8.78 Å². The number of carboxylic acids is 1. The SMILES string of the molecule is COC(F)(F)[C@H]1C[C@@H](C(=O)O)N(C(=O)OC(C)(C)C)C1. The third kappa shape index (κ3) is 3.78. The van der Waals surface area contributed by atoms with E-state index >= 15 is 0 Å². The number of nitrogens with zero attached hydrogens (tertiary/aromatic N) is 1. The summed E-state index contributed by atoms with van der Waals surface area (Å²) in [5.74, 6) is -2.72. The number of carbonyl (C=O) groups is 2. The Balaban J connectivity index is 2.89. The summed E-state index contributed by atoms with van der Waals surface area (Å²) in [7, 11) is 0.839. The first kappa shape index (κ1) is 16.6. The normalized spacial score (nSPS) is 23.8. The fourth-order valence-corrected chi connectivity index (χ4v) is 2.00. The van der Waals surface area contributed by atoms with Gasteiger partial charge in [-0.25, -0.2) is 9.59 Å².